The summed E-state index contributed by atoms with van der Waals surface area (Å²) >= 11 is 1.11. The maximum atomic E-state index is 13.3. The predicted octanol–water partition coefficient (Wildman–Crippen LogP) is 4.70. The van der Waals surface area contributed by atoms with Crippen molar-refractivity contribution in [1.29, 1.82) is 0 Å². The monoisotopic (exact) mass is 535 g/mol. The van der Waals surface area contributed by atoms with Gasteiger partial charge in [-0.25, -0.2) is 4.98 Å². The number of benzene rings is 1. The molecule has 1 aliphatic heterocycles. The van der Waals surface area contributed by atoms with Crippen LogP contribution in [0.5, 0.6) is 0 Å². The van der Waals surface area contributed by atoms with Crippen LogP contribution in [-0.4, -0.2) is 70.8 Å². The van der Waals surface area contributed by atoms with Crippen molar-refractivity contribution in [1.82, 2.24) is 19.7 Å². The molecule has 3 heterocycles. The van der Waals surface area contributed by atoms with Crippen LogP contribution in [0.2, 0.25) is 0 Å². The molecule has 1 fully saturated rings. The maximum absolute atomic E-state index is 13.3. The highest BCUT2D eigenvalue weighted by Crippen LogP contribution is 2.32. The van der Waals surface area contributed by atoms with Crippen LogP contribution in [0.3, 0.4) is 0 Å². The predicted molar refractivity (Wildman–Crippen MR) is 134 cm³/mol. The molecule has 0 atom stereocenters. The molecular weight excluding hydrogens is 507 g/mol. The van der Waals surface area contributed by atoms with E-state index >= 15 is 0 Å². The third-order valence-electron chi connectivity index (χ3n) is 6.15. The molecule has 12 heteroatoms. The van der Waals surface area contributed by atoms with Crippen LogP contribution in [-0.2, 0) is 17.5 Å². The first-order valence-electron chi connectivity index (χ1n) is 11.9. The van der Waals surface area contributed by atoms with Crippen LogP contribution in [0.4, 0.5) is 24.0 Å². The molecule has 37 heavy (non-hydrogen) atoms. The van der Waals surface area contributed by atoms with Crippen LogP contribution >= 0.6 is 11.3 Å². The molecule has 0 bridgehead atoms. The number of nitrogens with one attached hydrogen (secondary N) is 1. The van der Waals surface area contributed by atoms with Gasteiger partial charge in [-0.2, -0.15) is 13.2 Å². The molecule has 0 unspecified atom stereocenters. The van der Waals surface area contributed by atoms with Crippen molar-refractivity contribution in [2.75, 3.05) is 44.6 Å². The fourth-order valence-corrected chi connectivity index (χ4v) is 4.74. The number of furan rings is 1. The fourth-order valence-electron chi connectivity index (χ4n) is 4.03. The lowest BCUT2D eigenvalue weighted by molar-refractivity contribution is -0.137. The molecule has 1 N–H and O–H groups in total. The molecule has 1 saturated heterocycles. The minimum atomic E-state index is -4.46. The van der Waals surface area contributed by atoms with Crippen LogP contribution in [0.25, 0.3) is 0 Å². The Bertz CT molecular complexity index is 1190. The lowest BCUT2D eigenvalue weighted by Gasteiger charge is -2.34. The number of piperazine rings is 1. The van der Waals surface area contributed by atoms with Crippen molar-refractivity contribution < 1.29 is 27.2 Å². The van der Waals surface area contributed by atoms with Gasteiger partial charge in [0.2, 0.25) is 5.91 Å². The number of anilines is 2. The van der Waals surface area contributed by atoms with Crippen molar-refractivity contribution in [3.63, 3.8) is 0 Å². The van der Waals surface area contributed by atoms with E-state index in [4.69, 9.17) is 4.42 Å². The molecular formula is C25H28F3N5O3S. The Morgan fingerprint density at radius 1 is 1.16 bits per heavy atom. The standard InChI is InChI=1S/C25H28F3N5O3S/c1-2-31-10-12-32(13-11-31)22(34)8-9-33(16-20-7-4-14-36-20)23(35)21-17-37-24(30-21)29-19-6-3-5-18(15-19)25(26,27)28/h3-7,14-15,17H,2,8-13,16H2,1H3,(H,29,30). The maximum Gasteiger partial charge on any atom is 0.416 e. The van der Waals surface area contributed by atoms with Gasteiger partial charge >= 0.3 is 6.18 Å². The van der Waals surface area contributed by atoms with Crippen LogP contribution < -0.4 is 5.32 Å². The van der Waals surface area contributed by atoms with Crippen molar-refractivity contribution >= 4 is 34.0 Å². The molecule has 0 saturated carbocycles. The summed E-state index contributed by atoms with van der Waals surface area (Å²) in [4.78, 5) is 36.0. The van der Waals surface area contributed by atoms with Gasteiger partial charge in [0.05, 0.1) is 18.4 Å². The number of aromatic nitrogens is 1. The van der Waals surface area contributed by atoms with Gasteiger partial charge in [0.1, 0.15) is 11.5 Å². The van der Waals surface area contributed by atoms with Gasteiger partial charge in [0.15, 0.2) is 5.13 Å². The second-order valence-electron chi connectivity index (χ2n) is 8.61. The van der Waals surface area contributed by atoms with E-state index in [1.165, 1.54) is 23.3 Å². The number of carbonyl (C=O) groups excluding carboxylic acids is 2. The van der Waals surface area contributed by atoms with Crippen molar-refractivity contribution in [3.8, 4) is 0 Å². The zero-order valence-electron chi connectivity index (χ0n) is 20.3. The lowest BCUT2D eigenvalue weighted by atomic mass is 10.2. The molecule has 2 amide bonds. The molecule has 0 radical (unpaired) electrons. The number of hydrogen-bond acceptors (Lipinski definition) is 7. The molecule has 0 aliphatic carbocycles. The normalized spacial score (nSPS) is 14.5. The minimum absolute atomic E-state index is 0.0156. The number of halogens is 3. The Labute approximate surface area is 216 Å². The van der Waals surface area contributed by atoms with Gasteiger partial charge in [-0.1, -0.05) is 13.0 Å². The molecule has 198 valence electrons. The molecule has 1 aromatic carbocycles. The second-order valence-corrected chi connectivity index (χ2v) is 9.47. The van der Waals surface area contributed by atoms with E-state index in [1.54, 1.807) is 17.5 Å². The summed E-state index contributed by atoms with van der Waals surface area (Å²) in [6, 6.07) is 8.23. The van der Waals surface area contributed by atoms with E-state index in [1.807, 2.05) is 4.90 Å². The molecule has 0 spiro atoms. The topological polar surface area (TPSA) is 81.9 Å². The summed E-state index contributed by atoms with van der Waals surface area (Å²) in [6.45, 7) is 6.37. The molecule has 2 aromatic heterocycles. The summed E-state index contributed by atoms with van der Waals surface area (Å²) in [6.07, 6.45) is -2.79. The van der Waals surface area contributed by atoms with Gasteiger partial charge < -0.3 is 24.4 Å². The van der Waals surface area contributed by atoms with Gasteiger partial charge in [-0.15, -0.1) is 11.3 Å². The SMILES string of the molecule is CCN1CCN(C(=O)CCN(Cc2ccco2)C(=O)c2csc(Nc3cccc(C(F)(F)F)c3)n2)CC1. The van der Waals surface area contributed by atoms with Gasteiger partial charge in [-0.3, -0.25) is 9.59 Å². The van der Waals surface area contributed by atoms with Crippen molar-refractivity contribution in [2.24, 2.45) is 0 Å². The Morgan fingerprint density at radius 2 is 1.95 bits per heavy atom. The van der Waals surface area contributed by atoms with Crippen LogP contribution in [0, 0.1) is 0 Å². The molecule has 1 aliphatic rings. The van der Waals surface area contributed by atoms with Gasteiger partial charge in [-0.05, 0) is 36.9 Å². The number of hydrogen-bond donors (Lipinski definition) is 1. The van der Waals surface area contributed by atoms with E-state index in [9.17, 15) is 22.8 Å². The van der Waals surface area contributed by atoms with E-state index < -0.39 is 17.6 Å². The third kappa shape index (κ3) is 7.10. The van der Waals surface area contributed by atoms with E-state index in [0.717, 1.165) is 43.1 Å². The smallest absolute Gasteiger partial charge is 0.416 e. The number of amides is 2. The Balaban J connectivity index is 1.42. The Hall–Kier alpha value is -3.38. The highest BCUT2D eigenvalue weighted by molar-refractivity contribution is 7.14. The zero-order valence-corrected chi connectivity index (χ0v) is 21.1. The van der Waals surface area contributed by atoms with E-state index in [-0.39, 0.29) is 41.9 Å². The highest BCUT2D eigenvalue weighted by atomic mass is 32.1. The summed E-state index contributed by atoms with van der Waals surface area (Å²) in [5.74, 6) is 0.154. The second kappa shape index (κ2) is 11.8. The van der Waals surface area contributed by atoms with E-state index in [0.29, 0.717) is 18.8 Å². The minimum Gasteiger partial charge on any atom is -0.467 e. The van der Waals surface area contributed by atoms with Gasteiger partial charge in [0.25, 0.3) is 5.91 Å². The first-order valence-corrected chi connectivity index (χ1v) is 12.8. The number of nitrogens with zero attached hydrogens (tertiary/aromatic N) is 4. The summed E-state index contributed by atoms with van der Waals surface area (Å²) in [5.41, 5.74) is -0.435. The molecule has 3 aromatic rings. The average Bonchev–Trinajstić information content (AvgIpc) is 3.58. The van der Waals surface area contributed by atoms with Crippen LogP contribution in [0.1, 0.15) is 35.2 Å². The van der Waals surface area contributed by atoms with Crippen molar-refractivity contribution in [2.45, 2.75) is 26.1 Å². The zero-order chi connectivity index (χ0) is 26.4. The fraction of sp³-hybridized carbons (Fsp3) is 0.400. The first kappa shape index (κ1) is 26.7. The van der Waals surface area contributed by atoms with E-state index in [2.05, 4.69) is 22.1 Å². The lowest BCUT2D eigenvalue weighted by Crippen LogP contribution is -2.49. The van der Waals surface area contributed by atoms with Gasteiger partial charge in [0, 0.05) is 50.2 Å². The number of likely N-dealkylation sites (N-methyl/N-ethyl adjacent to an activating group) is 1. The number of carbonyl (C=O) groups is 2. The number of thiazole rings is 1. The third-order valence-corrected chi connectivity index (χ3v) is 6.90. The summed E-state index contributed by atoms with van der Waals surface area (Å²) in [7, 11) is 0. The largest absolute Gasteiger partial charge is 0.467 e. The number of rotatable bonds is 9. The first-order chi connectivity index (χ1) is 17.7. The highest BCUT2D eigenvalue weighted by Gasteiger charge is 2.30. The van der Waals surface area contributed by atoms with Crippen molar-refractivity contribution in [3.05, 3.63) is 65.1 Å². The average molecular weight is 536 g/mol. The Kier molecular flexibility index (Phi) is 8.49. The molecule has 4 rings (SSSR count). The van der Waals surface area contributed by atoms with Crippen LogP contribution in [0.15, 0.2) is 52.5 Å². The summed E-state index contributed by atoms with van der Waals surface area (Å²) < 4.78 is 44.4. The molecule has 8 nitrogen and oxygen atoms in total. The Morgan fingerprint density at radius 3 is 2.62 bits per heavy atom. The quantitative estimate of drug-likeness (QED) is 0.428. The number of alkyl halides is 3. The summed E-state index contributed by atoms with van der Waals surface area (Å²) in [5, 5.41) is 4.65.